The zero-order chi connectivity index (χ0) is 36.9. The molecule has 3 fully saturated rings. The van der Waals surface area contributed by atoms with Crippen molar-refractivity contribution in [2.24, 2.45) is 0 Å². The Labute approximate surface area is 316 Å². The van der Waals surface area contributed by atoms with Gasteiger partial charge in [-0.05, 0) is 55.0 Å². The lowest BCUT2D eigenvalue weighted by Crippen LogP contribution is -2.37. The molecular weight excluding hydrogens is 745 g/mol. The molecule has 2 aromatic carbocycles. The molecule has 0 saturated carbocycles. The zero-order valence-electron chi connectivity index (χ0n) is 27.2. The number of nitrogens with zero attached hydrogens (tertiary/aromatic N) is 1. The van der Waals surface area contributed by atoms with E-state index in [1.807, 2.05) is 12.1 Å². The Bertz CT molecular complexity index is 2200. The van der Waals surface area contributed by atoms with Crippen molar-refractivity contribution in [3.05, 3.63) is 105 Å². The van der Waals surface area contributed by atoms with Crippen molar-refractivity contribution in [2.45, 2.75) is 19.4 Å². The lowest BCUT2D eigenvalue weighted by molar-refractivity contribution is -0.119. The highest BCUT2D eigenvalue weighted by Gasteiger charge is 2.28. The second-order valence-corrected chi connectivity index (χ2v) is 15.0. The molecule has 1 unspecified atom stereocenters. The number of carbonyl (C=O) groups excluding carboxylic acids is 4. The van der Waals surface area contributed by atoms with Crippen LogP contribution in [0.15, 0.2) is 91.4 Å². The summed E-state index contributed by atoms with van der Waals surface area (Å²) in [4.78, 5) is 61.2. The highest BCUT2D eigenvalue weighted by atomic mass is 32.2. The van der Waals surface area contributed by atoms with E-state index in [0.717, 1.165) is 12.0 Å². The van der Waals surface area contributed by atoms with Crippen molar-refractivity contribution >= 4 is 98.4 Å². The summed E-state index contributed by atoms with van der Waals surface area (Å²) in [6.45, 7) is 2.59. The number of aromatic carboxylic acids is 1. The molecule has 52 heavy (non-hydrogen) atoms. The number of hydrogen-bond donors (Lipinski definition) is 4. The number of thiocarbonyl (C=S) groups is 2. The Balaban J connectivity index is 0.000000187. The highest BCUT2D eigenvalue weighted by molar-refractivity contribution is 8.27. The molecule has 0 radical (unpaired) electrons. The lowest BCUT2D eigenvalue weighted by Gasteiger charge is -2.17. The number of rotatable bonds is 7. The molecule has 1 atom stereocenters. The van der Waals surface area contributed by atoms with Gasteiger partial charge in [0.15, 0.2) is 0 Å². The van der Waals surface area contributed by atoms with Crippen LogP contribution in [0.1, 0.15) is 45.6 Å². The Morgan fingerprint density at radius 2 is 1.35 bits per heavy atom. The van der Waals surface area contributed by atoms with Crippen molar-refractivity contribution in [3.8, 4) is 22.6 Å². The smallest absolute Gasteiger partial charge is 0.335 e. The summed E-state index contributed by atoms with van der Waals surface area (Å²) >= 11 is 12.3. The standard InChI is InChI=1S/C21H19N3O4S2.C15H9NO4S2/c1-12(25)22-15-7-8-24(11-15)20(27)14-4-2-3-13(9-14)17-6-5-16(28-17)10-18-19(26)23-21(29)30-18;17-13-12(22-15(21)16-13)7-10-4-5-11(20-10)8-2-1-3-9(6-8)14(18)19/h2-6,9-10,15H,7-8,11H2,1H3,(H,22,25)(H,23,26,29);1-7H,(H,18,19)(H,16,17,21)/b18-10-;12-7-. The van der Waals surface area contributed by atoms with Crippen LogP contribution in [0.3, 0.4) is 0 Å². The van der Waals surface area contributed by atoms with Crippen LogP contribution in [0.4, 0.5) is 0 Å². The van der Waals surface area contributed by atoms with Gasteiger partial charge in [-0.25, -0.2) is 4.79 Å². The third-order valence-corrected chi connectivity index (χ3v) is 10.1. The van der Waals surface area contributed by atoms with Gasteiger partial charge in [-0.15, -0.1) is 0 Å². The minimum atomic E-state index is -0.997. The SMILES string of the molecule is CC(=O)NC1CCN(C(=O)c2cccc(-c3ccc(/C=C4\SC(=S)NC4=O)o3)c2)C1.O=C1NC(=S)S/C1=C\c1ccc(-c2cccc(C(=O)O)c2)o1. The average molecular weight is 773 g/mol. The van der Waals surface area contributed by atoms with Crippen molar-refractivity contribution < 1.29 is 37.9 Å². The normalized spacial score (nSPS) is 18.3. The second-order valence-electron chi connectivity index (χ2n) is 11.5. The summed E-state index contributed by atoms with van der Waals surface area (Å²) < 4.78 is 12.3. The van der Waals surface area contributed by atoms with Crippen LogP contribution in [0.5, 0.6) is 0 Å². The highest BCUT2D eigenvalue weighted by Crippen LogP contribution is 2.31. The van der Waals surface area contributed by atoms with Gasteiger partial charge in [-0.2, -0.15) is 0 Å². The first kappa shape index (κ1) is 36.5. The summed E-state index contributed by atoms with van der Waals surface area (Å²) in [7, 11) is 0. The number of carboxylic acid groups (broad SMARTS) is 1. The molecule has 16 heteroatoms. The molecule has 3 aliphatic heterocycles. The van der Waals surface area contributed by atoms with Gasteiger partial charge in [0, 0.05) is 54.9 Å². The van der Waals surface area contributed by atoms with Crippen LogP contribution in [0.2, 0.25) is 0 Å². The van der Waals surface area contributed by atoms with Crippen LogP contribution in [-0.2, 0) is 14.4 Å². The molecule has 2 aromatic heterocycles. The summed E-state index contributed by atoms with van der Waals surface area (Å²) in [6.07, 6.45) is 3.99. The van der Waals surface area contributed by atoms with Crippen molar-refractivity contribution in [1.29, 1.82) is 0 Å². The van der Waals surface area contributed by atoms with E-state index >= 15 is 0 Å². The van der Waals surface area contributed by atoms with E-state index in [-0.39, 0.29) is 35.2 Å². The van der Waals surface area contributed by atoms with E-state index in [1.165, 1.54) is 42.6 Å². The molecule has 4 amide bonds. The summed E-state index contributed by atoms with van der Waals surface area (Å²) in [5, 5.41) is 17.0. The van der Waals surface area contributed by atoms with Gasteiger partial charge in [0.2, 0.25) is 5.91 Å². The van der Waals surface area contributed by atoms with E-state index in [9.17, 15) is 24.0 Å². The summed E-state index contributed by atoms with van der Waals surface area (Å²) in [5.74, 6) is 0.505. The number of furan rings is 2. The monoisotopic (exact) mass is 772 g/mol. The molecule has 3 saturated heterocycles. The Hall–Kier alpha value is -5.29. The lowest BCUT2D eigenvalue weighted by atomic mass is 10.1. The number of nitrogens with one attached hydrogen (secondary N) is 3. The van der Waals surface area contributed by atoms with E-state index in [0.29, 0.717) is 65.7 Å². The number of thioether (sulfide) groups is 2. The summed E-state index contributed by atoms with van der Waals surface area (Å²) in [5.41, 5.74) is 2.17. The number of benzene rings is 2. The van der Waals surface area contributed by atoms with Crippen LogP contribution in [0.25, 0.3) is 34.8 Å². The van der Waals surface area contributed by atoms with Crippen LogP contribution in [-0.4, -0.2) is 67.4 Å². The molecule has 12 nitrogen and oxygen atoms in total. The van der Waals surface area contributed by atoms with E-state index in [2.05, 4.69) is 16.0 Å². The van der Waals surface area contributed by atoms with Crippen LogP contribution in [0, 0.1) is 0 Å². The van der Waals surface area contributed by atoms with Gasteiger partial charge >= 0.3 is 5.97 Å². The maximum atomic E-state index is 12.9. The van der Waals surface area contributed by atoms with Gasteiger partial charge in [0.25, 0.3) is 17.7 Å². The minimum Gasteiger partial charge on any atom is -0.478 e. The maximum Gasteiger partial charge on any atom is 0.335 e. The predicted octanol–water partition coefficient (Wildman–Crippen LogP) is 5.92. The maximum absolute atomic E-state index is 12.9. The number of carboxylic acids is 1. The van der Waals surface area contributed by atoms with Gasteiger partial charge in [0.05, 0.1) is 15.4 Å². The molecule has 0 aliphatic carbocycles. The Kier molecular flexibility index (Phi) is 11.2. The van der Waals surface area contributed by atoms with Gasteiger partial charge in [-0.3, -0.25) is 19.2 Å². The van der Waals surface area contributed by atoms with Crippen molar-refractivity contribution in [1.82, 2.24) is 20.9 Å². The molecule has 5 heterocycles. The van der Waals surface area contributed by atoms with Crippen LogP contribution < -0.4 is 16.0 Å². The van der Waals surface area contributed by atoms with Crippen LogP contribution >= 0.6 is 48.0 Å². The first-order valence-electron chi connectivity index (χ1n) is 15.6. The van der Waals surface area contributed by atoms with Crippen molar-refractivity contribution in [2.75, 3.05) is 13.1 Å². The van der Waals surface area contributed by atoms with Gasteiger partial charge in [-0.1, -0.05) is 72.2 Å². The Morgan fingerprint density at radius 1 is 0.827 bits per heavy atom. The molecule has 0 bridgehead atoms. The second kappa shape index (κ2) is 15.9. The molecule has 4 aromatic rings. The first-order chi connectivity index (χ1) is 24.9. The first-order valence-corrected chi connectivity index (χ1v) is 18.1. The zero-order valence-corrected chi connectivity index (χ0v) is 30.4. The molecule has 264 valence electrons. The largest absolute Gasteiger partial charge is 0.478 e. The average Bonchev–Trinajstić information content (AvgIpc) is 3.96. The van der Waals surface area contributed by atoms with E-state index in [1.54, 1.807) is 65.6 Å². The summed E-state index contributed by atoms with van der Waals surface area (Å²) in [6, 6.07) is 20.7. The number of hydrogen-bond acceptors (Lipinski definition) is 11. The molecule has 3 aliphatic rings. The fourth-order valence-electron chi connectivity index (χ4n) is 5.42. The third kappa shape index (κ3) is 8.95. The molecule has 7 rings (SSSR count). The van der Waals surface area contributed by atoms with E-state index in [4.69, 9.17) is 38.4 Å². The molecular formula is C36H28N4O8S4. The topological polar surface area (TPSA) is 171 Å². The predicted molar refractivity (Wildman–Crippen MR) is 206 cm³/mol. The fourth-order valence-corrected chi connectivity index (χ4v) is 7.46. The number of amides is 4. The quantitative estimate of drug-likeness (QED) is 0.129. The molecule has 0 spiro atoms. The number of likely N-dealkylation sites (tertiary alicyclic amines) is 1. The van der Waals surface area contributed by atoms with Gasteiger partial charge in [0.1, 0.15) is 31.7 Å². The fraction of sp³-hybridized carbons (Fsp3) is 0.139. The van der Waals surface area contributed by atoms with Crippen molar-refractivity contribution in [3.63, 3.8) is 0 Å². The van der Waals surface area contributed by atoms with Gasteiger partial charge < -0.3 is 34.8 Å². The molecule has 4 N–H and O–H groups in total. The minimum absolute atomic E-state index is 0.00570. The van der Waals surface area contributed by atoms with E-state index < -0.39 is 5.97 Å². The Morgan fingerprint density at radius 3 is 1.83 bits per heavy atom. The third-order valence-electron chi connectivity index (χ3n) is 7.76. The number of carbonyl (C=O) groups is 5.